The smallest absolute Gasteiger partial charge is 0.315 e. The summed E-state index contributed by atoms with van der Waals surface area (Å²) >= 11 is 5.58. The van der Waals surface area contributed by atoms with Gasteiger partial charge in [-0.15, -0.1) is 0 Å². The highest BCUT2D eigenvalue weighted by Crippen LogP contribution is 2.20. The van der Waals surface area contributed by atoms with Crippen molar-refractivity contribution in [2.45, 2.75) is 12.5 Å². The fourth-order valence-electron chi connectivity index (χ4n) is 1.65. The second-order valence-corrected chi connectivity index (χ2v) is 6.40. The highest BCUT2D eigenvalue weighted by molar-refractivity contribution is 7.84. The first-order valence-electron chi connectivity index (χ1n) is 6.34. The summed E-state index contributed by atoms with van der Waals surface area (Å²) in [6.45, 7) is 0.00596. The Labute approximate surface area is 130 Å². The van der Waals surface area contributed by atoms with Gasteiger partial charge in [-0.2, -0.15) is 0 Å². The summed E-state index contributed by atoms with van der Waals surface area (Å²) < 4.78 is 24.2. The number of aliphatic hydroxyl groups excluding tert-OH is 1. The predicted octanol–water partition coefficient (Wildman–Crippen LogP) is 1.58. The molecule has 1 aromatic rings. The van der Waals surface area contributed by atoms with Crippen LogP contribution in [0.4, 0.5) is 9.18 Å². The van der Waals surface area contributed by atoms with Crippen LogP contribution in [-0.4, -0.2) is 40.5 Å². The van der Waals surface area contributed by atoms with Gasteiger partial charge in [-0.05, 0) is 24.1 Å². The Morgan fingerprint density at radius 2 is 2.24 bits per heavy atom. The number of carbonyl (C=O) groups excluding carboxylic acids is 1. The lowest BCUT2D eigenvalue weighted by Crippen LogP contribution is -2.39. The zero-order valence-electron chi connectivity index (χ0n) is 11.6. The average Bonchev–Trinajstić information content (AvgIpc) is 2.44. The maximum Gasteiger partial charge on any atom is 0.315 e. The van der Waals surface area contributed by atoms with Gasteiger partial charge in [0, 0.05) is 29.4 Å². The molecule has 2 amide bonds. The zero-order valence-corrected chi connectivity index (χ0v) is 13.1. The fraction of sp³-hybridized carbons (Fsp3) is 0.462. The number of hydrogen-bond donors (Lipinski definition) is 3. The summed E-state index contributed by atoms with van der Waals surface area (Å²) in [6, 6.07) is 2.87. The molecular formula is C13H18ClFN2O3S. The van der Waals surface area contributed by atoms with E-state index in [1.54, 1.807) is 6.26 Å². The molecule has 0 aliphatic heterocycles. The molecule has 0 heterocycles. The molecule has 0 saturated carbocycles. The van der Waals surface area contributed by atoms with Gasteiger partial charge >= 0.3 is 6.03 Å². The van der Waals surface area contributed by atoms with Crippen LogP contribution in [0.3, 0.4) is 0 Å². The number of carbonyl (C=O) groups is 1. The maximum atomic E-state index is 13.4. The van der Waals surface area contributed by atoms with Gasteiger partial charge in [-0.1, -0.05) is 17.7 Å². The van der Waals surface area contributed by atoms with Crippen LogP contribution in [0, 0.1) is 5.82 Å². The van der Waals surface area contributed by atoms with Crippen LogP contribution in [-0.2, 0) is 10.8 Å². The van der Waals surface area contributed by atoms with E-state index in [0.29, 0.717) is 24.3 Å². The van der Waals surface area contributed by atoms with Crippen molar-refractivity contribution in [2.75, 3.05) is 25.2 Å². The van der Waals surface area contributed by atoms with E-state index >= 15 is 0 Å². The lowest BCUT2D eigenvalue weighted by molar-refractivity contribution is 0.217. The van der Waals surface area contributed by atoms with Crippen LogP contribution in [0.5, 0.6) is 0 Å². The third-order valence-electron chi connectivity index (χ3n) is 2.73. The molecule has 0 aromatic heterocycles. The number of hydrogen-bond acceptors (Lipinski definition) is 3. The van der Waals surface area contributed by atoms with Crippen LogP contribution in [0.15, 0.2) is 18.2 Å². The number of benzene rings is 1. The lowest BCUT2D eigenvalue weighted by Gasteiger charge is -2.17. The molecule has 0 aliphatic carbocycles. The van der Waals surface area contributed by atoms with Crippen molar-refractivity contribution in [3.63, 3.8) is 0 Å². The van der Waals surface area contributed by atoms with Crippen molar-refractivity contribution >= 4 is 28.4 Å². The molecule has 0 radical (unpaired) electrons. The molecule has 0 fully saturated rings. The van der Waals surface area contributed by atoms with E-state index in [9.17, 15) is 18.5 Å². The maximum absolute atomic E-state index is 13.4. The van der Waals surface area contributed by atoms with E-state index in [1.165, 1.54) is 18.2 Å². The Bertz CT molecular complexity index is 516. The third kappa shape index (κ3) is 6.41. The molecule has 1 rings (SSSR count). The number of rotatable bonds is 7. The predicted molar refractivity (Wildman–Crippen MR) is 81.3 cm³/mol. The van der Waals surface area contributed by atoms with Gasteiger partial charge in [-0.25, -0.2) is 9.18 Å². The van der Waals surface area contributed by atoms with Crippen molar-refractivity contribution in [3.8, 4) is 0 Å². The molecule has 1 aromatic carbocycles. The standard InChI is InChI=1S/C13H18ClFN2O3S/c1-21(20)6-2-5-16-13(19)17-12(8-18)9-3-4-10(14)11(15)7-9/h3-4,7,12,18H,2,5-6,8H2,1H3,(H2,16,17,19). The molecule has 2 atom stereocenters. The van der Waals surface area contributed by atoms with Crippen LogP contribution in [0.1, 0.15) is 18.0 Å². The van der Waals surface area contributed by atoms with E-state index < -0.39 is 28.7 Å². The number of amides is 2. The first-order valence-corrected chi connectivity index (χ1v) is 8.44. The third-order valence-corrected chi connectivity index (χ3v) is 3.90. The molecule has 8 heteroatoms. The zero-order chi connectivity index (χ0) is 15.8. The number of urea groups is 1. The Hall–Kier alpha value is -1.18. The first-order chi connectivity index (χ1) is 9.93. The summed E-state index contributed by atoms with van der Waals surface area (Å²) in [4.78, 5) is 11.7. The Balaban J connectivity index is 2.51. The van der Waals surface area contributed by atoms with Crippen LogP contribution >= 0.6 is 11.6 Å². The number of halogens is 2. The van der Waals surface area contributed by atoms with E-state index in [4.69, 9.17) is 11.6 Å². The Morgan fingerprint density at radius 3 is 2.81 bits per heavy atom. The monoisotopic (exact) mass is 336 g/mol. The highest BCUT2D eigenvalue weighted by atomic mass is 35.5. The molecular weight excluding hydrogens is 319 g/mol. The van der Waals surface area contributed by atoms with Gasteiger partial charge < -0.3 is 15.7 Å². The van der Waals surface area contributed by atoms with Gasteiger partial charge in [0.25, 0.3) is 0 Å². The van der Waals surface area contributed by atoms with Crippen LogP contribution in [0.25, 0.3) is 0 Å². The molecule has 118 valence electrons. The normalized spacial score (nSPS) is 13.5. The van der Waals surface area contributed by atoms with Crippen molar-refractivity contribution in [3.05, 3.63) is 34.6 Å². The minimum absolute atomic E-state index is 0.0209. The molecule has 0 spiro atoms. The minimum atomic E-state index is -0.893. The molecule has 2 unspecified atom stereocenters. The largest absolute Gasteiger partial charge is 0.394 e. The van der Waals surface area contributed by atoms with Gasteiger partial charge in [-0.3, -0.25) is 4.21 Å². The highest BCUT2D eigenvalue weighted by Gasteiger charge is 2.15. The van der Waals surface area contributed by atoms with E-state index in [1.807, 2.05) is 0 Å². The summed E-state index contributed by atoms with van der Waals surface area (Å²) in [5.41, 5.74) is 0.421. The van der Waals surface area contributed by atoms with E-state index in [0.717, 1.165) is 0 Å². The van der Waals surface area contributed by atoms with Gasteiger partial charge in [0.1, 0.15) is 5.82 Å². The van der Waals surface area contributed by atoms with Gasteiger partial charge in [0.15, 0.2) is 0 Å². The Morgan fingerprint density at radius 1 is 1.52 bits per heavy atom. The van der Waals surface area contributed by atoms with Crippen molar-refractivity contribution in [1.82, 2.24) is 10.6 Å². The molecule has 5 nitrogen and oxygen atoms in total. The van der Waals surface area contributed by atoms with Crippen LogP contribution in [0.2, 0.25) is 5.02 Å². The quantitative estimate of drug-likeness (QED) is 0.661. The topological polar surface area (TPSA) is 78.4 Å². The lowest BCUT2D eigenvalue weighted by atomic mass is 10.1. The summed E-state index contributed by atoms with van der Waals surface area (Å²) in [6.07, 6.45) is 2.19. The summed E-state index contributed by atoms with van der Waals surface area (Å²) in [7, 11) is -0.893. The number of aliphatic hydroxyl groups is 1. The van der Waals surface area contributed by atoms with Crippen molar-refractivity contribution in [2.24, 2.45) is 0 Å². The second-order valence-electron chi connectivity index (χ2n) is 4.44. The first kappa shape index (κ1) is 17.9. The minimum Gasteiger partial charge on any atom is -0.394 e. The number of nitrogens with one attached hydrogen (secondary N) is 2. The average molecular weight is 337 g/mol. The van der Waals surface area contributed by atoms with Crippen LogP contribution < -0.4 is 10.6 Å². The Kier molecular flexibility index (Phi) is 7.63. The van der Waals surface area contributed by atoms with Crippen molar-refractivity contribution in [1.29, 1.82) is 0 Å². The molecule has 21 heavy (non-hydrogen) atoms. The molecule has 3 N–H and O–H groups in total. The SMILES string of the molecule is CS(=O)CCCNC(=O)NC(CO)c1ccc(Cl)c(F)c1. The summed E-state index contributed by atoms with van der Waals surface area (Å²) in [5.74, 6) is -0.105. The molecule has 0 aliphatic rings. The van der Waals surface area contributed by atoms with Gasteiger partial charge in [0.05, 0.1) is 17.7 Å². The summed E-state index contributed by atoms with van der Waals surface area (Å²) in [5, 5.41) is 14.4. The van der Waals surface area contributed by atoms with E-state index in [-0.39, 0.29) is 11.6 Å². The second kappa shape index (κ2) is 8.96. The fourth-order valence-corrected chi connectivity index (χ4v) is 2.32. The molecule has 0 bridgehead atoms. The van der Waals surface area contributed by atoms with E-state index in [2.05, 4.69) is 10.6 Å². The van der Waals surface area contributed by atoms with Gasteiger partial charge in [0.2, 0.25) is 0 Å². The van der Waals surface area contributed by atoms with Crippen molar-refractivity contribution < 1.29 is 18.5 Å². The molecule has 0 saturated heterocycles.